The number of allylic oxidation sites excluding steroid dienone is 2. The lowest BCUT2D eigenvalue weighted by Gasteiger charge is -2.26. The smallest absolute Gasteiger partial charge is 0.0557 e. The number of hydrogen-bond acceptors (Lipinski definition) is 2. The number of hydroxylamine groups is 1. The van der Waals surface area contributed by atoms with Gasteiger partial charge in [0.2, 0.25) is 0 Å². The molecule has 0 aliphatic carbocycles. The molecule has 1 unspecified atom stereocenters. The van der Waals surface area contributed by atoms with E-state index >= 15 is 0 Å². The predicted octanol–water partition coefficient (Wildman–Crippen LogP) is 3.15. The second-order valence-electron chi connectivity index (χ2n) is 4.06. The minimum absolute atomic E-state index is 0.0305. The van der Waals surface area contributed by atoms with Crippen LogP contribution in [-0.2, 0) is 0 Å². The van der Waals surface area contributed by atoms with Crippen LogP contribution >= 0.6 is 0 Å². The van der Waals surface area contributed by atoms with Crippen molar-refractivity contribution in [2.45, 2.75) is 40.2 Å². The first kappa shape index (κ1) is 13.4. The zero-order valence-electron chi connectivity index (χ0n) is 9.75. The van der Waals surface area contributed by atoms with Gasteiger partial charge in [0, 0.05) is 0 Å². The van der Waals surface area contributed by atoms with Gasteiger partial charge >= 0.3 is 0 Å². The van der Waals surface area contributed by atoms with Crippen LogP contribution < -0.4 is 5.48 Å². The Bertz CT molecular complexity index is 196. The molecule has 0 aromatic rings. The van der Waals surface area contributed by atoms with E-state index in [2.05, 4.69) is 39.8 Å². The van der Waals surface area contributed by atoms with Crippen molar-refractivity contribution in [2.75, 3.05) is 0 Å². The van der Waals surface area contributed by atoms with Gasteiger partial charge in [-0.2, -0.15) is 5.48 Å². The third-order valence-electron chi connectivity index (χ3n) is 2.66. The van der Waals surface area contributed by atoms with Crippen LogP contribution in [0.5, 0.6) is 0 Å². The van der Waals surface area contributed by atoms with E-state index in [1.54, 1.807) is 6.08 Å². The molecular formula is C12H23NO. The quantitative estimate of drug-likeness (QED) is 0.506. The Labute approximate surface area is 87.7 Å². The van der Waals surface area contributed by atoms with Crippen LogP contribution in [0.3, 0.4) is 0 Å². The summed E-state index contributed by atoms with van der Waals surface area (Å²) in [5, 5.41) is 9.11. The number of rotatable bonds is 6. The standard InChI is InChI=1S/C12H23NO/c1-6-8-11(10(5)7-2)12(13-14)9(3)4/h6,8-10,12-14H,1,7H2,2-5H3/b11-8+/t10-,12?/m0/s1. The normalized spacial score (nSPS) is 16.9. The topological polar surface area (TPSA) is 32.3 Å². The van der Waals surface area contributed by atoms with E-state index in [9.17, 15) is 0 Å². The molecule has 0 aliphatic heterocycles. The van der Waals surface area contributed by atoms with Crippen LogP contribution in [0.1, 0.15) is 34.1 Å². The van der Waals surface area contributed by atoms with Gasteiger partial charge in [-0.05, 0) is 23.8 Å². The lowest BCUT2D eigenvalue weighted by Crippen LogP contribution is -2.35. The summed E-state index contributed by atoms with van der Waals surface area (Å²) in [5.74, 6) is 0.847. The van der Waals surface area contributed by atoms with E-state index in [4.69, 9.17) is 5.21 Å². The van der Waals surface area contributed by atoms with Crippen molar-refractivity contribution in [3.8, 4) is 0 Å². The van der Waals surface area contributed by atoms with Crippen molar-refractivity contribution in [3.63, 3.8) is 0 Å². The van der Waals surface area contributed by atoms with Crippen LogP contribution in [0, 0.1) is 11.8 Å². The Kier molecular flexibility index (Phi) is 6.50. The molecule has 0 aromatic heterocycles. The Hall–Kier alpha value is -0.600. The fraction of sp³-hybridized carbons (Fsp3) is 0.667. The maximum atomic E-state index is 9.11. The monoisotopic (exact) mass is 197 g/mol. The first-order valence-electron chi connectivity index (χ1n) is 5.30. The first-order chi connectivity index (χ1) is 6.58. The van der Waals surface area contributed by atoms with Gasteiger partial charge in [-0.15, -0.1) is 0 Å². The fourth-order valence-corrected chi connectivity index (χ4v) is 1.55. The van der Waals surface area contributed by atoms with Crippen LogP contribution in [0.15, 0.2) is 24.3 Å². The molecule has 0 spiro atoms. The van der Waals surface area contributed by atoms with Gasteiger partial charge in [-0.1, -0.05) is 46.4 Å². The van der Waals surface area contributed by atoms with Gasteiger partial charge in [0.15, 0.2) is 0 Å². The van der Waals surface area contributed by atoms with Crippen molar-refractivity contribution < 1.29 is 5.21 Å². The van der Waals surface area contributed by atoms with E-state index in [1.165, 1.54) is 5.57 Å². The third kappa shape index (κ3) is 3.64. The second kappa shape index (κ2) is 6.80. The molecule has 14 heavy (non-hydrogen) atoms. The maximum absolute atomic E-state index is 9.11. The Balaban J connectivity index is 4.78. The first-order valence-corrected chi connectivity index (χ1v) is 5.30. The van der Waals surface area contributed by atoms with Crippen LogP contribution in [0.2, 0.25) is 0 Å². The highest BCUT2D eigenvalue weighted by Crippen LogP contribution is 2.22. The molecule has 82 valence electrons. The summed E-state index contributed by atoms with van der Waals surface area (Å²) in [6.07, 6.45) is 4.86. The summed E-state index contributed by atoms with van der Waals surface area (Å²) in [5.41, 5.74) is 3.61. The van der Waals surface area contributed by atoms with Gasteiger partial charge in [-0.3, -0.25) is 0 Å². The molecule has 0 fully saturated rings. The van der Waals surface area contributed by atoms with E-state index in [0.29, 0.717) is 11.8 Å². The third-order valence-corrected chi connectivity index (χ3v) is 2.66. The lowest BCUT2D eigenvalue weighted by atomic mass is 9.86. The van der Waals surface area contributed by atoms with Crippen molar-refractivity contribution >= 4 is 0 Å². The van der Waals surface area contributed by atoms with Crippen molar-refractivity contribution in [1.82, 2.24) is 5.48 Å². The summed E-state index contributed by atoms with van der Waals surface area (Å²) < 4.78 is 0. The molecule has 0 heterocycles. The maximum Gasteiger partial charge on any atom is 0.0557 e. The second-order valence-corrected chi connectivity index (χ2v) is 4.06. The zero-order valence-corrected chi connectivity index (χ0v) is 9.75. The van der Waals surface area contributed by atoms with E-state index in [0.717, 1.165) is 6.42 Å². The molecule has 0 radical (unpaired) electrons. The largest absolute Gasteiger partial charge is 0.316 e. The number of nitrogens with one attached hydrogen (secondary N) is 1. The molecule has 0 saturated heterocycles. The Morgan fingerprint density at radius 3 is 2.29 bits per heavy atom. The minimum Gasteiger partial charge on any atom is -0.316 e. The summed E-state index contributed by atoms with van der Waals surface area (Å²) in [6, 6.07) is 0.0305. The highest BCUT2D eigenvalue weighted by molar-refractivity contribution is 5.19. The summed E-state index contributed by atoms with van der Waals surface area (Å²) in [7, 11) is 0. The number of hydrogen-bond donors (Lipinski definition) is 2. The van der Waals surface area contributed by atoms with Gasteiger partial charge in [0.05, 0.1) is 6.04 Å². The van der Waals surface area contributed by atoms with E-state index in [-0.39, 0.29) is 6.04 Å². The molecule has 0 aliphatic rings. The summed E-state index contributed by atoms with van der Waals surface area (Å²) in [6.45, 7) is 12.2. The zero-order chi connectivity index (χ0) is 11.1. The molecule has 0 bridgehead atoms. The lowest BCUT2D eigenvalue weighted by molar-refractivity contribution is 0.115. The van der Waals surface area contributed by atoms with Crippen molar-refractivity contribution in [2.24, 2.45) is 11.8 Å². The van der Waals surface area contributed by atoms with Gasteiger partial charge in [-0.25, -0.2) is 0 Å². The molecule has 0 saturated carbocycles. The Morgan fingerprint density at radius 1 is 1.43 bits per heavy atom. The highest BCUT2D eigenvalue weighted by Gasteiger charge is 2.20. The van der Waals surface area contributed by atoms with Gasteiger partial charge < -0.3 is 5.21 Å². The van der Waals surface area contributed by atoms with Gasteiger partial charge in [0.25, 0.3) is 0 Å². The van der Waals surface area contributed by atoms with E-state index < -0.39 is 0 Å². The summed E-state index contributed by atoms with van der Waals surface area (Å²) in [4.78, 5) is 0. The molecule has 2 N–H and O–H groups in total. The predicted molar refractivity (Wildman–Crippen MR) is 61.3 cm³/mol. The van der Waals surface area contributed by atoms with Crippen LogP contribution in [0.25, 0.3) is 0 Å². The molecule has 2 atom stereocenters. The fourth-order valence-electron chi connectivity index (χ4n) is 1.55. The summed E-state index contributed by atoms with van der Waals surface area (Å²) >= 11 is 0. The van der Waals surface area contributed by atoms with Crippen LogP contribution in [-0.4, -0.2) is 11.2 Å². The average Bonchev–Trinajstić information content (AvgIpc) is 2.16. The minimum atomic E-state index is 0.0305. The molecule has 2 heteroatoms. The van der Waals surface area contributed by atoms with Crippen molar-refractivity contribution in [3.05, 3.63) is 24.3 Å². The molecular weight excluding hydrogens is 174 g/mol. The highest BCUT2D eigenvalue weighted by atomic mass is 16.5. The molecule has 0 rings (SSSR count). The van der Waals surface area contributed by atoms with Gasteiger partial charge in [0.1, 0.15) is 0 Å². The van der Waals surface area contributed by atoms with E-state index in [1.807, 2.05) is 6.08 Å². The average molecular weight is 197 g/mol. The van der Waals surface area contributed by atoms with Crippen LogP contribution in [0.4, 0.5) is 0 Å². The molecule has 0 aromatic carbocycles. The molecule has 0 amide bonds. The molecule has 2 nitrogen and oxygen atoms in total. The van der Waals surface area contributed by atoms with Crippen molar-refractivity contribution in [1.29, 1.82) is 0 Å². The Morgan fingerprint density at radius 2 is 2.00 bits per heavy atom. The SMILES string of the molecule is C=C/C=C(/C(NO)C(C)C)[C@@H](C)CC.